The van der Waals surface area contributed by atoms with Crippen LogP contribution in [0.25, 0.3) is 12.2 Å². The van der Waals surface area contributed by atoms with Gasteiger partial charge in [-0.2, -0.15) is 0 Å². The summed E-state index contributed by atoms with van der Waals surface area (Å²) in [5.41, 5.74) is 9.64. The van der Waals surface area contributed by atoms with Crippen molar-refractivity contribution < 1.29 is 28.0 Å². The quantitative estimate of drug-likeness (QED) is 0.139. The maximum Gasteiger partial charge on any atom is 0.316 e. The Kier molecular flexibility index (Phi) is 16.4. The molecule has 0 unspecified atom stereocenters. The highest BCUT2D eigenvalue weighted by molar-refractivity contribution is 6.31. The molecular weight excluding hydrogens is 811 g/mol. The van der Waals surface area contributed by atoms with Crippen molar-refractivity contribution in [1.29, 1.82) is 0 Å². The highest BCUT2D eigenvalue weighted by Gasteiger charge is 2.27. The highest BCUT2D eigenvalue weighted by atomic mass is 35.5. The van der Waals surface area contributed by atoms with Gasteiger partial charge < -0.3 is 26.2 Å². The summed E-state index contributed by atoms with van der Waals surface area (Å²) in [6.07, 6.45) is 6.35. The largest absolute Gasteiger partial charge is 0.351 e. The van der Waals surface area contributed by atoms with E-state index in [1.165, 1.54) is 43.3 Å². The van der Waals surface area contributed by atoms with Crippen molar-refractivity contribution in [2.24, 2.45) is 5.73 Å². The number of rotatable bonds is 10. The van der Waals surface area contributed by atoms with E-state index in [2.05, 4.69) is 20.4 Å². The van der Waals surface area contributed by atoms with Gasteiger partial charge >= 0.3 is 6.03 Å². The Labute approximate surface area is 359 Å². The Bertz CT molecular complexity index is 2050. The van der Waals surface area contributed by atoms with E-state index in [9.17, 15) is 28.0 Å². The molecule has 4 N–H and O–H groups in total. The Morgan fingerprint density at radius 3 is 1.42 bits per heavy atom. The number of amides is 5. The molecule has 2 fully saturated rings. The zero-order valence-corrected chi connectivity index (χ0v) is 35.2. The van der Waals surface area contributed by atoms with Crippen molar-refractivity contribution in [3.05, 3.63) is 141 Å². The monoisotopic (exact) mass is 859 g/mol. The molecule has 2 heterocycles. The number of nitrogens with two attached hydrogens (primary N) is 1. The number of hydrogen-bond donors (Lipinski definition) is 3. The predicted octanol–water partition coefficient (Wildman–Crippen LogP) is 7.90. The molecule has 316 valence electrons. The van der Waals surface area contributed by atoms with E-state index in [-0.39, 0.29) is 41.4 Å². The van der Waals surface area contributed by atoms with E-state index in [1.54, 1.807) is 72.8 Å². The molecule has 11 nitrogen and oxygen atoms in total. The average Bonchev–Trinajstić information content (AvgIpc) is 3.19. The molecule has 4 aromatic rings. The number of urea groups is 1. The lowest BCUT2D eigenvalue weighted by Gasteiger charge is -2.39. The maximum absolute atomic E-state index is 13.1. The highest BCUT2D eigenvalue weighted by Crippen LogP contribution is 2.25. The van der Waals surface area contributed by atoms with Crippen LogP contribution in [0.3, 0.4) is 0 Å². The molecule has 4 aromatic carbocycles. The maximum atomic E-state index is 13.1. The lowest BCUT2D eigenvalue weighted by atomic mass is 10.1. The number of nitrogens with one attached hydrogen (secondary N) is 2. The van der Waals surface area contributed by atoms with Crippen molar-refractivity contribution in [3.63, 3.8) is 0 Å². The topological polar surface area (TPSA) is 131 Å². The van der Waals surface area contributed by atoms with Crippen molar-refractivity contribution in [3.8, 4) is 0 Å². The van der Waals surface area contributed by atoms with Crippen LogP contribution in [0.2, 0.25) is 10.0 Å². The second-order valence-electron chi connectivity index (χ2n) is 14.8. The Balaban J connectivity index is 0.000000228. The second kappa shape index (κ2) is 21.6. The first kappa shape index (κ1) is 45.5. The van der Waals surface area contributed by atoms with Crippen LogP contribution in [0.15, 0.2) is 97.1 Å². The van der Waals surface area contributed by atoms with Crippen molar-refractivity contribution in [2.45, 2.75) is 45.9 Å². The summed E-state index contributed by atoms with van der Waals surface area (Å²) in [6.45, 7) is 11.1. The van der Waals surface area contributed by atoms with Gasteiger partial charge in [-0.3, -0.25) is 24.2 Å². The summed E-state index contributed by atoms with van der Waals surface area (Å²) in [7, 11) is 0. The van der Waals surface area contributed by atoms with Gasteiger partial charge in [0, 0.05) is 99.3 Å². The number of benzene rings is 4. The third-order valence-corrected chi connectivity index (χ3v) is 10.5. The third kappa shape index (κ3) is 13.7. The van der Waals surface area contributed by atoms with E-state index < -0.39 is 6.03 Å². The Hall–Kier alpha value is -5.60. The van der Waals surface area contributed by atoms with Crippen LogP contribution in [0.1, 0.15) is 43.0 Å². The van der Waals surface area contributed by atoms with Gasteiger partial charge in [-0.1, -0.05) is 59.6 Å². The molecule has 60 heavy (non-hydrogen) atoms. The van der Waals surface area contributed by atoms with Gasteiger partial charge in [-0.05, 0) is 96.8 Å². The number of halogens is 4. The summed E-state index contributed by atoms with van der Waals surface area (Å²) >= 11 is 12.0. The van der Waals surface area contributed by atoms with Crippen LogP contribution >= 0.6 is 23.2 Å². The van der Waals surface area contributed by atoms with E-state index in [0.717, 1.165) is 50.4 Å². The molecule has 2 saturated heterocycles. The van der Waals surface area contributed by atoms with Crippen LogP contribution in [0, 0.1) is 11.6 Å². The summed E-state index contributed by atoms with van der Waals surface area (Å²) in [5.74, 6) is -0.874. The van der Waals surface area contributed by atoms with Gasteiger partial charge in [0.05, 0.1) is 5.69 Å². The van der Waals surface area contributed by atoms with E-state index >= 15 is 0 Å². The fraction of sp³-hybridized carbons (Fsp3) is 0.289. The number of nitrogens with zero attached hydrogens (tertiary/aromatic N) is 4. The number of anilines is 2. The van der Waals surface area contributed by atoms with Crippen molar-refractivity contribution in [2.75, 3.05) is 49.9 Å². The Morgan fingerprint density at radius 1 is 0.650 bits per heavy atom. The van der Waals surface area contributed by atoms with Crippen LogP contribution in [0.4, 0.5) is 25.0 Å². The van der Waals surface area contributed by atoms with E-state index in [4.69, 9.17) is 28.9 Å². The minimum Gasteiger partial charge on any atom is -0.351 e. The molecule has 0 aromatic heterocycles. The predicted molar refractivity (Wildman–Crippen MR) is 234 cm³/mol. The minimum absolute atomic E-state index is 0.0322. The molecular formula is C45H49Cl2F2N7O4. The lowest BCUT2D eigenvalue weighted by molar-refractivity contribution is -0.131. The van der Waals surface area contributed by atoms with Crippen molar-refractivity contribution in [1.82, 2.24) is 19.6 Å². The first-order chi connectivity index (χ1) is 28.6. The molecule has 2 atom stereocenters. The molecule has 0 aliphatic carbocycles. The zero-order valence-electron chi connectivity index (χ0n) is 33.7. The lowest BCUT2D eigenvalue weighted by Crippen LogP contribution is -2.53. The molecule has 2 aliphatic heterocycles. The van der Waals surface area contributed by atoms with Crippen LogP contribution < -0.4 is 16.4 Å². The van der Waals surface area contributed by atoms with Crippen LogP contribution in [0.5, 0.6) is 0 Å². The van der Waals surface area contributed by atoms with Gasteiger partial charge in [-0.25, -0.2) is 13.6 Å². The number of piperazine rings is 2. The minimum atomic E-state index is -0.704. The molecule has 2 aliphatic rings. The number of hydrogen-bond acceptors (Lipinski definition) is 6. The molecule has 0 bridgehead atoms. The van der Waals surface area contributed by atoms with Gasteiger partial charge in [0.1, 0.15) is 11.6 Å². The summed E-state index contributed by atoms with van der Waals surface area (Å²) < 4.78 is 26.1. The molecule has 0 spiro atoms. The summed E-state index contributed by atoms with van der Waals surface area (Å²) in [5, 5.41) is 6.20. The zero-order chi connectivity index (χ0) is 43.3. The average molecular weight is 861 g/mol. The Morgan fingerprint density at radius 2 is 1.05 bits per heavy atom. The second-order valence-corrected chi connectivity index (χ2v) is 15.7. The van der Waals surface area contributed by atoms with E-state index in [1.807, 2.05) is 23.6 Å². The molecule has 15 heteroatoms. The van der Waals surface area contributed by atoms with Gasteiger partial charge in [0.15, 0.2) is 0 Å². The van der Waals surface area contributed by atoms with Crippen molar-refractivity contribution >= 4 is 70.5 Å². The van der Waals surface area contributed by atoms with Gasteiger partial charge in [-0.15, -0.1) is 0 Å². The number of carbonyl (C=O) groups is 4. The van der Waals surface area contributed by atoms with Crippen LogP contribution in [-0.2, 0) is 27.5 Å². The van der Waals surface area contributed by atoms with Gasteiger partial charge in [0.25, 0.3) is 0 Å². The third-order valence-electron chi connectivity index (χ3n) is 10.0. The standard InChI is InChI=1S/C23H25ClFN3O2.C22H24ClFN4O2/c1-16-14-27(15-18-3-8-21(25)9-4-18)11-12-28(16)23(30)10-6-19-5-7-20(24)13-22(19)26-17(2)29;1-15-13-27(14-16-2-7-19(24)8-3-16)10-11-28(15)21(29)9-5-17-4-6-18(23)12-20(17)26-22(25)30/h3-10,13,16H,11-12,14-15H2,1-2H3,(H,26,29);2-9,12,15H,10-11,13-14H2,1H3,(H3,25,26,30)/b10-6+;9-5+/t16-;15-/m01/s1. The normalized spacial score (nSPS) is 17.3. The molecule has 0 saturated carbocycles. The number of primary amides is 1. The SMILES string of the molecule is CC(=O)Nc1cc(Cl)ccc1/C=C/C(=O)N1CCN(Cc2ccc(F)cc2)C[C@@H]1C.C[C@@H]1CN(Cc2ccc(F)cc2)CCN1C(=O)/C=C/c1ccc(Cl)cc1NC(N)=O. The van der Waals surface area contributed by atoms with E-state index in [0.29, 0.717) is 45.6 Å². The molecule has 6 rings (SSSR count). The first-order valence-electron chi connectivity index (χ1n) is 19.5. The smallest absolute Gasteiger partial charge is 0.316 e. The fourth-order valence-electron chi connectivity index (χ4n) is 7.10. The first-order valence-corrected chi connectivity index (χ1v) is 20.2. The fourth-order valence-corrected chi connectivity index (χ4v) is 7.45. The van der Waals surface area contributed by atoms with Gasteiger partial charge in [0.2, 0.25) is 17.7 Å². The molecule has 5 amide bonds. The molecule has 0 radical (unpaired) electrons. The summed E-state index contributed by atoms with van der Waals surface area (Å²) in [6, 6.07) is 22.5. The summed E-state index contributed by atoms with van der Waals surface area (Å²) in [4.78, 5) is 56.2. The number of carbonyl (C=O) groups excluding carboxylic acids is 4. The van der Waals surface area contributed by atoms with Crippen LogP contribution in [-0.4, -0.2) is 94.7 Å².